The second-order valence-corrected chi connectivity index (χ2v) is 14.7. The number of carbonyl (C=O) groups excluding carboxylic acids is 2. The number of carbonyl (C=O) groups is 2. The molecule has 2 amide bonds. The SMILES string of the molecule is CCCC(c1ccc(CCC(=O)N2CCN(Cc3c(OC)cc(-c4cn(C)c(=O)c(C)c4C)cc3OC)CC2)cc1)N(C)C(=O)/C(C#N)=C/c1nccs1. The highest BCUT2D eigenvalue weighted by Crippen LogP contribution is 2.37. The van der Waals surface area contributed by atoms with Crippen LogP contribution in [0.5, 0.6) is 11.5 Å². The summed E-state index contributed by atoms with van der Waals surface area (Å²) >= 11 is 1.38. The Hall–Kier alpha value is -5.25. The van der Waals surface area contributed by atoms with E-state index in [9.17, 15) is 19.6 Å². The van der Waals surface area contributed by atoms with Crippen molar-refractivity contribution in [3.05, 3.63) is 103 Å². The summed E-state index contributed by atoms with van der Waals surface area (Å²) in [6.45, 7) is 9.23. The molecule has 1 unspecified atom stereocenters. The molecule has 1 aliphatic rings. The Balaban J connectivity index is 1.17. The van der Waals surface area contributed by atoms with Crippen molar-refractivity contribution < 1.29 is 19.1 Å². The molecule has 1 aliphatic heterocycles. The van der Waals surface area contributed by atoms with Gasteiger partial charge in [0.1, 0.15) is 28.1 Å². The van der Waals surface area contributed by atoms with Gasteiger partial charge < -0.3 is 23.8 Å². The van der Waals surface area contributed by atoms with E-state index in [-0.39, 0.29) is 29.0 Å². The largest absolute Gasteiger partial charge is 0.496 e. The molecule has 4 aromatic rings. The molecule has 3 heterocycles. The predicted molar refractivity (Wildman–Crippen MR) is 212 cm³/mol. The summed E-state index contributed by atoms with van der Waals surface area (Å²) in [6.07, 6.45) is 7.70. The zero-order valence-electron chi connectivity index (χ0n) is 32.3. The van der Waals surface area contributed by atoms with E-state index in [2.05, 4.69) is 16.8 Å². The van der Waals surface area contributed by atoms with Crippen LogP contribution in [0.25, 0.3) is 17.2 Å². The summed E-state index contributed by atoms with van der Waals surface area (Å²) in [5.41, 5.74) is 6.55. The van der Waals surface area contributed by atoms with Crippen molar-refractivity contribution in [1.29, 1.82) is 5.26 Å². The number of hydrogen-bond acceptors (Lipinski definition) is 9. The van der Waals surface area contributed by atoms with Gasteiger partial charge in [0.25, 0.3) is 11.5 Å². The molecule has 0 saturated carbocycles. The monoisotopic (exact) mass is 750 g/mol. The Labute approximate surface area is 322 Å². The van der Waals surface area contributed by atoms with E-state index in [0.29, 0.717) is 43.0 Å². The molecule has 11 nitrogen and oxygen atoms in total. The Bertz CT molecular complexity index is 2050. The van der Waals surface area contributed by atoms with Gasteiger partial charge in [0.05, 0.1) is 25.8 Å². The zero-order valence-corrected chi connectivity index (χ0v) is 33.2. The molecule has 0 spiro atoms. The first-order chi connectivity index (χ1) is 26.0. The number of amides is 2. The molecule has 12 heteroatoms. The average Bonchev–Trinajstić information content (AvgIpc) is 3.72. The molecule has 0 aliphatic carbocycles. The third kappa shape index (κ3) is 9.09. The van der Waals surface area contributed by atoms with Gasteiger partial charge in [0.2, 0.25) is 5.91 Å². The maximum absolute atomic E-state index is 13.3. The summed E-state index contributed by atoms with van der Waals surface area (Å²) in [4.78, 5) is 49.1. The van der Waals surface area contributed by atoms with Gasteiger partial charge in [-0.15, -0.1) is 11.3 Å². The van der Waals surface area contributed by atoms with Crippen LogP contribution in [0, 0.1) is 25.2 Å². The standard InChI is InChI=1S/C42H50N6O5S/c1-8-9-36(46(5)42(51)33(25-43)24-39-44-16-21-54-39)31-13-10-30(11-14-31)12-15-40(49)48-19-17-47(18-20-48)27-35-37(52-6)22-32(23-38(35)53-7)34-26-45(4)41(50)29(3)28(34)2/h10-11,13-14,16,21-24,26,36H,8-9,12,15,17-20,27H2,1-7H3/b33-24+. The first-order valence-corrected chi connectivity index (χ1v) is 19.2. The molecule has 284 valence electrons. The van der Waals surface area contributed by atoms with Crippen molar-refractivity contribution in [3.63, 3.8) is 0 Å². The zero-order chi connectivity index (χ0) is 38.9. The number of nitrogens with zero attached hydrogens (tertiary/aromatic N) is 6. The molecule has 1 atom stereocenters. The maximum Gasteiger partial charge on any atom is 0.264 e. The Morgan fingerprint density at radius 1 is 1.06 bits per heavy atom. The van der Waals surface area contributed by atoms with Gasteiger partial charge in [-0.1, -0.05) is 37.6 Å². The molecule has 1 fully saturated rings. The van der Waals surface area contributed by atoms with E-state index in [1.807, 2.05) is 72.8 Å². The van der Waals surface area contributed by atoms with Crippen LogP contribution < -0.4 is 15.0 Å². The van der Waals surface area contributed by atoms with Crippen molar-refractivity contribution in [3.8, 4) is 28.7 Å². The lowest BCUT2D eigenvalue weighted by Gasteiger charge is -2.35. The van der Waals surface area contributed by atoms with Crippen LogP contribution >= 0.6 is 11.3 Å². The topological polar surface area (TPSA) is 121 Å². The number of ether oxygens (including phenoxy) is 2. The molecule has 2 aromatic heterocycles. The summed E-state index contributed by atoms with van der Waals surface area (Å²) in [5, 5.41) is 12.1. The number of hydrogen-bond donors (Lipinski definition) is 0. The molecule has 0 bridgehead atoms. The number of likely N-dealkylation sites (N-methyl/N-ethyl adjacent to an activating group) is 1. The van der Waals surface area contributed by atoms with Crippen LogP contribution in [-0.2, 0) is 29.6 Å². The fourth-order valence-corrected chi connectivity index (χ4v) is 7.59. The Kier molecular flexibility index (Phi) is 13.5. The lowest BCUT2D eigenvalue weighted by Crippen LogP contribution is -2.48. The lowest BCUT2D eigenvalue weighted by molar-refractivity contribution is -0.133. The van der Waals surface area contributed by atoms with E-state index in [0.717, 1.165) is 70.8 Å². The average molecular weight is 751 g/mol. The molecule has 0 N–H and O–H groups in total. The highest BCUT2D eigenvalue weighted by atomic mass is 32.1. The summed E-state index contributed by atoms with van der Waals surface area (Å²) in [6, 6.07) is 14.0. The first-order valence-electron chi connectivity index (χ1n) is 18.3. The smallest absolute Gasteiger partial charge is 0.264 e. The van der Waals surface area contributed by atoms with Gasteiger partial charge in [-0.3, -0.25) is 19.3 Å². The lowest BCUT2D eigenvalue weighted by atomic mass is 9.97. The van der Waals surface area contributed by atoms with E-state index >= 15 is 0 Å². The second-order valence-electron chi connectivity index (χ2n) is 13.7. The van der Waals surface area contributed by atoms with Crippen molar-refractivity contribution in [2.45, 2.75) is 59.0 Å². The van der Waals surface area contributed by atoms with Crippen LogP contribution in [0.2, 0.25) is 0 Å². The van der Waals surface area contributed by atoms with Crippen molar-refractivity contribution in [2.75, 3.05) is 47.4 Å². The first kappa shape index (κ1) is 39.9. The summed E-state index contributed by atoms with van der Waals surface area (Å²) in [7, 11) is 6.81. The number of nitriles is 1. The number of aryl methyl sites for hydroxylation is 2. The van der Waals surface area contributed by atoms with Gasteiger partial charge in [-0.05, 0) is 67.2 Å². The van der Waals surface area contributed by atoms with E-state index in [1.54, 1.807) is 50.1 Å². The maximum atomic E-state index is 13.3. The van der Waals surface area contributed by atoms with Crippen LogP contribution in [0.4, 0.5) is 0 Å². The van der Waals surface area contributed by atoms with Gasteiger partial charge in [-0.2, -0.15) is 5.26 Å². The molecule has 2 aromatic carbocycles. The minimum absolute atomic E-state index is 0.0113. The highest BCUT2D eigenvalue weighted by molar-refractivity contribution is 7.10. The van der Waals surface area contributed by atoms with Crippen molar-refractivity contribution >= 4 is 29.2 Å². The number of benzene rings is 2. The number of piperazine rings is 1. The van der Waals surface area contributed by atoms with Gasteiger partial charge in [-0.25, -0.2) is 4.98 Å². The summed E-state index contributed by atoms with van der Waals surface area (Å²) < 4.78 is 13.3. The normalized spacial score (nSPS) is 14.0. The number of rotatable bonds is 14. The number of thiazole rings is 1. The van der Waals surface area contributed by atoms with E-state index in [4.69, 9.17) is 9.47 Å². The van der Waals surface area contributed by atoms with Gasteiger partial charge in [0, 0.05) is 82.1 Å². The fraction of sp³-hybridized carbons (Fsp3) is 0.405. The third-order valence-electron chi connectivity index (χ3n) is 10.4. The molecule has 5 rings (SSSR count). The van der Waals surface area contributed by atoms with Gasteiger partial charge in [0.15, 0.2) is 0 Å². The second kappa shape index (κ2) is 18.2. The predicted octanol–water partition coefficient (Wildman–Crippen LogP) is 6.33. The number of pyridine rings is 1. The minimum Gasteiger partial charge on any atom is -0.496 e. The van der Waals surface area contributed by atoms with Crippen LogP contribution in [0.3, 0.4) is 0 Å². The Morgan fingerprint density at radius 2 is 1.72 bits per heavy atom. The molecular formula is C42H50N6O5S. The summed E-state index contributed by atoms with van der Waals surface area (Å²) in [5.74, 6) is 1.23. The van der Waals surface area contributed by atoms with Crippen molar-refractivity contribution in [2.24, 2.45) is 7.05 Å². The molecule has 1 saturated heterocycles. The van der Waals surface area contributed by atoms with E-state index in [1.165, 1.54) is 11.3 Å². The van der Waals surface area contributed by atoms with Crippen LogP contribution in [0.15, 0.2) is 64.5 Å². The molecule has 0 radical (unpaired) electrons. The van der Waals surface area contributed by atoms with Crippen molar-refractivity contribution in [1.82, 2.24) is 24.3 Å². The molecular weight excluding hydrogens is 701 g/mol. The van der Waals surface area contributed by atoms with Crippen LogP contribution in [-0.4, -0.2) is 83.5 Å². The number of aromatic nitrogens is 2. The number of methoxy groups -OCH3 is 2. The van der Waals surface area contributed by atoms with Gasteiger partial charge >= 0.3 is 0 Å². The highest BCUT2D eigenvalue weighted by Gasteiger charge is 2.26. The molecule has 54 heavy (non-hydrogen) atoms. The quantitative estimate of drug-likeness (QED) is 0.108. The van der Waals surface area contributed by atoms with Crippen LogP contribution in [0.1, 0.15) is 65.1 Å². The minimum atomic E-state index is -0.333. The van der Waals surface area contributed by atoms with E-state index < -0.39 is 0 Å². The third-order valence-corrected chi connectivity index (χ3v) is 11.1. The fourth-order valence-electron chi connectivity index (χ4n) is 7.02. The Morgan fingerprint density at radius 3 is 2.30 bits per heavy atom.